The lowest BCUT2D eigenvalue weighted by Gasteiger charge is -2.22. The molecule has 0 heterocycles. The molecule has 0 aromatic rings. The number of aliphatic hydroxyl groups excluding tert-OH is 2. The molecule has 6 nitrogen and oxygen atoms in total. The van der Waals surface area contributed by atoms with E-state index in [1.165, 1.54) is 263 Å². The number of amides is 1. The number of unbranched alkanes of at least 4 members (excludes halogenated alkanes) is 45. The summed E-state index contributed by atoms with van der Waals surface area (Å²) in [5.41, 5.74) is 0. The standard InChI is InChI=1S/C62H121NO5/c1-3-5-7-9-11-13-15-17-19-21-23-25-27-32-36-40-44-48-52-56-62(67)68-57-53-49-45-41-37-33-29-28-31-35-39-43-47-51-55-61(66)63-59(58-64)60(65)54-50-46-42-38-34-30-26-24-22-20-18-16-14-12-10-8-6-4-2/h17,19,59-60,64-65H,3-16,18,20-58H2,1-2H3,(H,63,66)/b19-17-. The van der Waals surface area contributed by atoms with Gasteiger partial charge < -0.3 is 20.3 Å². The van der Waals surface area contributed by atoms with Crippen LogP contribution in [0.25, 0.3) is 0 Å². The van der Waals surface area contributed by atoms with Crippen molar-refractivity contribution in [2.24, 2.45) is 0 Å². The molecule has 1 amide bonds. The van der Waals surface area contributed by atoms with Gasteiger partial charge in [0, 0.05) is 12.8 Å². The fourth-order valence-electron chi connectivity index (χ4n) is 9.81. The van der Waals surface area contributed by atoms with E-state index in [1.807, 2.05) is 0 Å². The highest BCUT2D eigenvalue weighted by Gasteiger charge is 2.20. The van der Waals surface area contributed by atoms with Gasteiger partial charge in [-0.15, -0.1) is 0 Å². The van der Waals surface area contributed by atoms with E-state index in [2.05, 4.69) is 31.3 Å². The maximum atomic E-state index is 12.5. The Morgan fingerprint density at radius 3 is 1.04 bits per heavy atom. The van der Waals surface area contributed by atoms with E-state index in [0.717, 1.165) is 51.4 Å². The first kappa shape index (κ1) is 66.6. The van der Waals surface area contributed by atoms with Crippen molar-refractivity contribution in [2.75, 3.05) is 13.2 Å². The monoisotopic (exact) mass is 960 g/mol. The molecule has 3 N–H and O–H groups in total. The van der Waals surface area contributed by atoms with E-state index in [1.54, 1.807) is 0 Å². The van der Waals surface area contributed by atoms with E-state index in [4.69, 9.17) is 4.74 Å². The number of hydrogen-bond donors (Lipinski definition) is 3. The van der Waals surface area contributed by atoms with Crippen LogP contribution in [0, 0.1) is 0 Å². The first-order valence-electron chi connectivity index (χ1n) is 30.9. The quantitative estimate of drug-likeness (QED) is 0.0321. The molecule has 6 heteroatoms. The van der Waals surface area contributed by atoms with Crippen molar-refractivity contribution >= 4 is 11.9 Å². The molecule has 404 valence electrons. The molecule has 0 aliphatic heterocycles. The highest BCUT2D eigenvalue weighted by Crippen LogP contribution is 2.18. The van der Waals surface area contributed by atoms with Gasteiger partial charge >= 0.3 is 5.97 Å². The van der Waals surface area contributed by atoms with Crippen LogP contribution < -0.4 is 5.32 Å². The zero-order chi connectivity index (χ0) is 49.3. The van der Waals surface area contributed by atoms with Crippen molar-refractivity contribution in [2.45, 2.75) is 360 Å². The molecule has 0 saturated carbocycles. The molecule has 0 aliphatic rings. The number of carbonyl (C=O) groups excluding carboxylic acids is 2. The van der Waals surface area contributed by atoms with Gasteiger partial charge in [-0.1, -0.05) is 296 Å². The minimum atomic E-state index is -0.671. The Morgan fingerprint density at radius 2 is 0.691 bits per heavy atom. The molecule has 68 heavy (non-hydrogen) atoms. The maximum Gasteiger partial charge on any atom is 0.305 e. The van der Waals surface area contributed by atoms with Gasteiger partial charge in [-0.25, -0.2) is 0 Å². The molecule has 0 aliphatic carbocycles. The summed E-state index contributed by atoms with van der Waals surface area (Å²) < 4.78 is 5.49. The molecule has 0 spiro atoms. The van der Waals surface area contributed by atoms with Crippen LogP contribution in [-0.4, -0.2) is 47.4 Å². The summed E-state index contributed by atoms with van der Waals surface area (Å²) in [4.78, 5) is 24.6. The second-order valence-corrected chi connectivity index (χ2v) is 21.4. The molecule has 0 aromatic carbocycles. The average Bonchev–Trinajstić information content (AvgIpc) is 3.34. The predicted molar refractivity (Wildman–Crippen MR) is 297 cm³/mol. The molecule has 0 rings (SSSR count). The minimum Gasteiger partial charge on any atom is -0.466 e. The van der Waals surface area contributed by atoms with Crippen molar-refractivity contribution in [1.82, 2.24) is 5.32 Å². The van der Waals surface area contributed by atoms with Crippen LogP contribution in [0.5, 0.6) is 0 Å². The first-order valence-corrected chi connectivity index (χ1v) is 30.9. The fourth-order valence-corrected chi connectivity index (χ4v) is 9.81. The molecule has 0 radical (unpaired) electrons. The van der Waals surface area contributed by atoms with Gasteiger partial charge in [0.2, 0.25) is 5.91 Å². The van der Waals surface area contributed by atoms with Gasteiger partial charge in [-0.2, -0.15) is 0 Å². The molecular weight excluding hydrogens is 839 g/mol. The van der Waals surface area contributed by atoms with Gasteiger partial charge in [0.05, 0.1) is 25.4 Å². The Hall–Kier alpha value is -1.40. The third kappa shape index (κ3) is 53.9. The predicted octanol–water partition coefficient (Wildman–Crippen LogP) is 19.2. The lowest BCUT2D eigenvalue weighted by atomic mass is 10.0. The summed E-state index contributed by atoms with van der Waals surface area (Å²) in [6, 6.07) is -0.549. The molecule has 0 aromatic heterocycles. The zero-order valence-electron chi connectivity index (χ0n) is 46.1. The summed E-state index contributed by atoms with van der Waals surface area (Å²) in [6.45, 7) is 4.96. The second kappa shape index (κ2) is 58.2. The average molecular weight is 961 g/mol. The van der Waals surface area contributed by atoms with Crippen LogP contribution in [0.1, 0.15) is 348 Å². The van der Waals surface area contributed by atoms with E-state index >= 15 is 0 Å². The highest BCUT2D eigenvalue weighted by atomic mass is 16.5. The Labute approximate surface area is 425 Å². The number of rotatable bonds is 58. The lowest BCUT2D eigenvalue weighted by molar-refractivity contribution is -0.143. The van der Waals surface area contributed by atoms with Crippen LogP contribution in [0.15, 0.2) is 12.2 Å². The molecule has 0 bridgehead atoms. The molecular formula is C62H121NO5. The van der Waals surface area contributed by atoms with Crippen LogP contribution in [0.2, 0.25) is 0 Å². The zero-order valence-corrected chi connectivity index (χ0v) is 46.1. The van der Waals surface area contributed by atoms with Crippen LogP contribution in [0.4, 0.5) is 0 Å². The van der Waals surface area contributed by atoms with Crippen molar-refractivity contribution < 1.29 is 24.5 Å². The fraction of sp³-hybridized carbons (Fsp3) is 0.935. The number of esters is 1. The number of ether oxygens (including phenoxy) is 1. The van der Waals surface area contributed by atoms with Crippen molar-refractivity contribution in [3.63, 3.8) is 0 Å². The number of hydrogen-bond acceptors (Lipinski definition) is 5. The first-order chi connectivity index (χ1) is 33.5. The van der Waals surface area contributed by atoms with E-state index in [9.17, 15) is 19.8 Å². The van der Waals surface area contributed by atoms with Gasteiger partial charge in [-0.05, 0) is 51.4 Å². The summed E-state index contributed by atoms with van der Waals surface area (Å²) in [6.07, 6.45) is 69.2. The largest absolute Gasteiger partial charge is 0.466 e. The van der Waals surface area contributed by atoms with E-state index < -0.39 is 12.1 Å². The van der Waals surface area contributed by atoms with Gasteiger partial charge in [-0.3, -0.25) is 9.59 Å². The highest BCUT2D eigenvalue weighted by molar-refractivity contribution is 5.76. The van der Waals surface area contributed by atoms with Gasteiger partial charge in [0.25, 0.3) is 0 Å². The normalized spacial score (nSPS) is 12.6. The van der Waals surface area contributed by atoms with Crippen molar-refractivity contribution in [3.8, 4) is 0 Å². The number of carbonyl (C=O) groups is 2. The number of allylic oxidation sites excluding steroid dienone is 2. The molecule has 0 saturated heterocycles. The summed E-state index contributed by atoms with van der Waals surface area (Å²) in [7, 11) is 0. The second-order valence-electron chi connectivity index (χ2n) is 21.4. The lowest BCUT2D eigenvalue weighted by Crippen LogP contribution is -2.45. The van der Waals surface area contributed by atoms with Crippen LogP contribution in [-0.2, 0) is 14.3 Å². The summed E-state index contributed by atoms with van der Waals surface area (Å²) in [5, 5.41) is 23.3. The number of nitrogens with one attached hydrogen (secondary N) is 1. The van der Waals surface area contributed by atoms with E-state index in [-0.39, 0.29) is 18.5 Å². The molecule has 2 unspecified atom stereocenters. The third-order valence-corrected chi connectivity index (χ3v) is 14.6. The molecule has 0 fully saturated rings. The van der Waals surface area contributed by atoms with Crippen molar-refractivity contribution in [3.05, 3.63) is 12.2 Å². The molecule has 2 atom stereocenters. The smallest absolute Gasteiger partial charge is 0.305 e. The third-order valence-electron chi connectivity index (χ3n) is 14.6. The van der Waals surface area contributed by atoms with Crippen molar-refractivity contribution in [1.29, 1.82) is 0 Å². The van der Waals surface area contributed by atoms with Crippen LogP contribution >= 0.6 is 0 Å². The topological polar surface area (TPSA) is 95.9 Å². The Kier molecular flexibility index (Phi) is 57.0. The SMILES string of the molecule is CCCCCCCC/C=C\CCCCCCCCCCCC(=O)OCCCCCCCCCCCCCCCCC(=O)NC(CO)C(O)CCCCCCCCCCCCCCCCCCCC. The van der Waals surface area contributed by atoms with Gasteiger partial charge in [0.15, 0.2) is 0 Å². The summed E-state index contributed by atoms with van der Waals surface area (Å²) in [5.74, 6) is -0.0435. The minimum absolute atomic E-state index is 0.00145. The number of aliphatic hydroxyl groups is 2. The maximum absolute atomic E-state index is 12.5. The Bertz CT molecular complexity index is 1020. The van der Waals surface area contributed by atoms with E-state index in [0.29, 0.717) is 25.9 Å². The van der Waals surface area contributed by atoms with Gasteiger partial charge in [0.1, 0.15) is 0 Å². The Morgan fingerprint density at radius 1 is 0.397 bits per heavy atom. The van der Waals surface area contributed by atoms with Crippen LogP contribution in [0.3, 0.4) is 0 Å². The Balaban J connectivity index is 3.41. The summed E-state index contributed by atoms with van der Waals surface area (Å²) >= 11 is 0.